The number of rotatable bonds is 60. The van der Waals surface area contributed by atoms with Crippen molar-refractivity contribution < 1.29 is 37.6 Å². The highest BCUT2D eigenvalue weighted by Crippen LogP contribution is 2.43. The first-order valence-corrected chi connectivity index (χ1v) is 34.8. The molecule has 478 valence electrons. The van der Waals surface area contributed by atoms with Crippen LogP contribution in [0.15, 0.2) is 182 Å². The summed E-state index contributed by atoms with van der Waals surface area (Å²) in [5.74, 6) is -0.859. The molecule has 0 rings (SSSR count). The summed E-state index contributed by atoms with van der Waals surface area (Å²) in [6.45, 7) is 3.48. The van der Waals surface area contributed by atoms with Crippen molar-refractivity contribution in [3.63, 3.8) is 0 Å². The predicted octanol–water partition coefficient (Wildman–Crippen LogP) is 22.0. The minimum absolute atomic E-state index is 0.0413. The van der Waals surface area contributed by atoms with Gasteiger partial charge in [0.05, 0.1) is 13.2 Å². The smallest absolute Gasteiger partial charge is 0.462 e. The molecule has 0 spiro atoms. The summed E-state index contributed by atoms with van der Waals surface area (Å²) >= 11 is 0. The van der Waals surface area contributed by atoms with Crippen LogP contribution in [0.4, 0.5) is 0 Å². The fourth-order valence-electron chi connectivity index (χ4n) is 8.46. The third kappa shape index (κ3) is 68.1. The molecule has 9 nitrogen and oxygen atoms in total. The lowest BCUT2D eigenvalue weighted by Crippen LogP contribution is -2.29. The topological polar surface area (TPSA) is 134 Å². The second-order valence-corrected chi connectivity index (χ2v) is 22.7. The third-order valence-corrected chi connectivity index (χ3v) is 14.3. The summed E-state index contributed by atoms with van der Waals surface area (Å²) in [6, 6.07) is 0. The lowest BCUT2D eigenvalue weighted by molar-refractivity contribution is -0.161. The SMILES string of the molecule is CC/C=C\C/C=C\C/C=C\C/C=C\C/C=C\C/C=C\C/C=C\C/C=C\C/C=C\CCCCCCCCCCCCCC(=O)OC(COC(=O)CCCCCCCC/C=C\C/C=C\C/C=C\C/C=C\C/C=C\C/C=C\CC)COP(=O)(O)OCCN. The van der Waals surface area contributed by atoms with Gasteiger partial charge in [-0.2, -0.15) is 0 Å². The normalized spacial score (nSPS) is 14.2. The summed E-state index contributed by atoms with van der Waals surface area (Å²) in [5.41, 5.74) is 5.39. The monoisotopic (exact) mass is 1190 g/mol. The molecule has 0 heterocycles. The van der Waals surface area contributed by atoms with Crippen molar-refractivity contribution in [3.05, 3.63) is 182 Å². The van der Waals surface area contributed by atoms with Gasteiger partial charge in [0.15, 0.2) is 6.10 Å². The molecule has 0 fully saturated rings. The molecule has 0 amide bonds. The number of nitrogens with two attached hydrogens (primary N) is 1. The highest BCUT2D eigenvalue weighted by Gasteiger charge is 2.26. The van der Waals surface area contributed by atoms with Crippen molar-refractivity contribution in [2.75, 3.05) is 26.4 Å². The first-order chi connectivity index (χ1) is 41.8. The first kappa shape index (κ1) is 80.1. The molecule has 2 atom stereocenters. The zero-order valence-electron chi connectivity index (χ0n) is 53.5. The third-order valence-electron chi connectivity index (χ3n) is 13.3. The molecule has 0 aliphatic carbocycles. The number of carbonyl (C=O) groups excluding carboxylic acids is 2. The molecule has 85 heavy (non-hydrogen) atoms. The Kier molecular flexibility index (Phi) is 64.3. The standard InChI is InChI=1S/C75H120NO8P/c1-3-5-7-9-11-13-15-17-19-21-23-25-27-29-30-31-32-33-34-35-36-37-38-39-40-41-42-44-46-48-50-52-54-56-58-60-62-64-66-68-75(78)84-73(72-83-85(79,80)82-70-69-76)71-81-74(77)67-65-63-61-59-57-55-53-51-49-47-45-43-28-26-24-22-20-18-16-14-12-10-8-6-4-2/h5-8,11-14,17-20,23-26,29-30,32-33,35-36,38-39,41-43,45,49,51,73H,3-4,9-10,15-16,21-22,27-28,31,34,37,40,44,46-48,50,52-72,76H2,1-2H3,(H,79,80)/b7-5-,8-6-,13-11-,14-12-,19-17-,20-18-,25-23-,26-24-,30-29-,33-32-,36-35-,39-38-,42-41-,45-43-,51-49-. The van der Waals surface area contributed by atoms with E-state index < -0.39 is 32.5 Å². The molecule has 0 aromatic heterocycles. The van der Waals surface area contributed by atoms with Gasteiger partial charge in [-0.05, 0) is 135 Å². The van der Waals surface area contributed by atoms with Gasteiger partial charge in [0.2, 0.25) is 0 Å². The number of allylic oxidation sites excluding steroid dienone is 30. The summed E-state index contributed by atoms with van der Waals surface area (Å²) in [5, 5.41) is 0. The van der Waals surface area contributed by atoms with E-state index in [4.69, 9.17) is 24.3 Å². The number of unbranched alkanes of at least 4 members (excludes halogenated alkanes) is 17. The van der Waals surface area contributed by atoms with E-state index in [1.165, 1.54) is 44.9 Å². The second kappa shape index (κ2) is 68.2. The Bertz CT molecular complexity index is 2040. The van der Waals surface area contributed by atoms with E-state index in [1.54, 1.807) is 0 Å². The van der Waals surface area contributed by atoms with Crippen LogP contribution >= 0.6 is 7.82 Å². The van der Waals surface area contributed by atoms with Gasteiger partial charge in [-0.3, -0.25) is 18.6 Å². The van der Waals surface area contributed by atoms with Crippen LogP contribution in [0.25, 0.3) is 0 Å². The van der Waals surface area contributed by atoms with Crippen molar-refractivity contribution in [1.82, 2.24) is 0 Å². The maximum absolute atomic E-state index is 12.8. The van der Waals surface area contributed by atoms with Crippen LogP contribution in [0.2, 0.25) is 0 Å². The van der Waals surface area contributed by atoms with Crippen molar-refractivity contribution in [2.24, 2.45) is 5.73 Å². The van der Waals surface area contributed by atoms with Crippen LogP contribution in [-0.2, 0) is 32.7 Å². The Balaban J connectivity index is 4.00. The van der Waals surface area contributed by atoms with Crippen molar-refractivity contribution in [1.29, 1.82) is 0 Å². The van der Waals surface area contributed by atoms with Crippen LogP contribution in [0, 0.1) is 0 Å². The largest absolute Gasteiger partial charge is 0.472 e. The highest BCUT2D eigenvalue weighted by molar-refractivity contribution is 7.47. The van der Waals surface area contributed by atoms with Crippen molar-refractivity contribution in [3.8, 4) is 0 Å². The van der Waals surface area contributed by atoms with Crippen LogP contribution in [0.1, 0.15) is 245 Å². The molecule has 0 aliphatic rings. The molecule has 0 aliphatic heterocycles. The number of phosphoric ester groups is 1. The van der Waals surface area contributed by atoms with Gasteiger partial charge in [0, 0.05) is 19.4 Å². The van der Waals surface area contributed by atoms with Crippen molar-refractivity contribution >= 4 is 19.8 Å². The van der Waals surface area contributed by atoms with E-state index in [0.29, 0.717) is 12.8 Å². The van der Waals surface area contributed by atoms with Crippen LogP contribution < -0.4 is 5.73 Å². The lowest BCUT2D eigenvalue weighted by Gasteiger charge is -2.19. The summed E-state index contributed by atoms with van der Waals surface area (Å²) in [6.07, 6.45) is 102. The molecule has 0 saturated heterocycles. The maximum atomic E-state index is 12.8. The van der Waals surface area contributed by atoms with Gasteiger partial charge in [-0.15, -0.1) is 0 Å². The van der Waals surface area contributed by atoms with Gasteiger partial charge in [0.1, 0.15) is 6.61 Å². The predicted molar refractivity (Wildman–Crippen MR) is 366 cm³/mol. The molecule has 2 unspecified atom stereocenters. The van der Waals surface area contributed by atoms with Crippen LogP contribution in [-0.4, -0.2) is 49.3 Å². The van der Waals surface area contributed by atoms with Gasteiger partial charge in [-0.1, -0.05) is 280 Å². The average molecular weight is 1190 g/mol. The molecule has 3 N–H and O–H groups in total. The van der Waals surface area contributed by atoms with E-state index in [1.807, 2.05) is 0 Å². The molecular weight excluding hydrogens is 1070 g/mol. The average Bonchev–Trinajstić information content (AvgIpc) is 3.53. The quantitative estimate of drug-likeness (QED) is 0.0264. The Morgan fingerprint density at radius 2 is 0.612 bits per heavy atom. The molecule has 0 saturated carbocycles. The Hall–Kier alpha value is -4.89. The van der Waals surface area contributed by atoms with Gasteiger partial charge in [0.25, 0.3) is 0 Å². The second-order valence-electron chi connectivity index (χ2n) is 21.2. The van der Waals surface area contributed by atoms with Gasteiger partial charge >= 0.3 is 19.8 Å². The molecule has 10 heteroatoms. The van der Waals surface area contributed by atoms with Crippen LogP contribution in [0.5, 0.6) is 0 Å². The summed E-state index contributed by atoms with van der Waals surface area (Å²) in [4.78, 5) is 35.3. The molecule has 0 radical (unpaired) electrons. The Morgan fingerprint density at radius 3 is 0.906 bits per heavy atom. The fourth-order valence-corrected chi connectivity index (χ4v) is 9.22. The number of ether oxygens (including phenoxy) is 2. The van der Waals surface area contributed by atoms with Crippen LogP contribution in [0.3, 0.4) is 0 Å². The fraction of sp³-hybridized carbons (Fsp3) is 0.573. The van der Waals surface area contributed by atoms with Crippen molar-refractivity contribution in [2.45, 2.75) is 251 Å². The minimum atomic E-state index is -4.41. The highest BCUT2D eigenvalue weighted by atomic mass is 31.2. The first-order valence-electron chi connectivity index (χ1n) is 33.3. The number of hydrogen-bond donors (Lipinski definition) is 2. The minimum Gasteiger partial charge on any atom is -0.462 e. The maximum Gasteiger partial charge on any atom is 0.472 e. The zero-order valence-corrected chi connectivity index (χ0v) is 54.4. The zero-order chi connectivity index (χ0) is 61.6. The Morgan fingerprint density at radius 1 is 0.353 bits per heavy atom. The number of hydrogen-bond acceptors (Lipinski definition) is 8. The molecule has 0 bridgehead atoms. The van der Waals surface area contributed by atoms with E-state index in [-0.39, 0.29) is 32.6 Å². The van der Waals surface area contributed by atoms with E-state index in [0.717, 1.165) is 161 Å². The van der Waals surface area contributed by atoms with Gasteiger partial charge in [-0.25, -0.2) is 4.57 Å². The Labute approximate surface area is 520 Å². The molecule has 0 aromatic rings. The van der Waals surface area contributed by atoms with E-state index in [9.17, 15) is 19.0 Å². The lowest BCUT2D eigenvalue weighted by atomic mass is 10.0. The molecule has 0 aromatic carbocycles. The number of carbonyl (C=O) groups is 2. The number of phosphoric acid groups is 1. The van der Waals surface area contributed by atoms with E-state index in [2.05, 4.69) is 196 Å². The summed E-state index contributed by atoms with van der Waals surface area (Å²) in [7, 11) is -4.41. The number of esters is 2. The van der Waals surface area contributed by atoms with E-state index >= 15 is 0 Å². The summed E-state index contributed by atoms with van der Waals surface area (Å²) < 4.78 is 33.1. The molecular formula is C75H120NO8P. The van der Waals surface area contributed by atoms with Gasteiger partial charge < -0.3 is 20.1 Å².